The van der Waals surface area contributed by atoms with Gasteiger partial charge in [-0.15, -0.1) is 11.8 Å². The van der Waals surface area contributed by atoms with Gasteiger partial charge in [-0.1, -0.05) is 18.2 Å². The number of anilines is 1. The summed E-state index contributed by atoms with van der Waals surface area (Å²) >= 11 is 1.54. The van der Waals surface area contributed by atoms with Gasteiger partial charge in [0.15, 0.2) is 6.10 Å². The zero-order chi connectivity index (χ0) is 24.9. The molecule has 1 amide bonds. The van der Waals surface area contributed by atoms with Crippen LogP contribution in [0.1, 0.15) is 29.1 Å². The molecule has 1 aromatic heterocycles. The number of carbonyl (C=O) groups is 2. The summed E-state index contributed by atoms with van der Waals surface area (Å²) in [5.74, 6) is 0.873. The van der Waals surface area contributed by atoms with Crippen LogP contribution in [-0.4, -0.2) is 57.2 Å². The van der Waals surface area contributed by atoms with Gasteiger partial charge in [-0.2, -0.15) is 0 Å². The summed E-state index contributed by atoms with van der Waals surface area (Å²) in [6.45, 7) is 2.49. The van der Waals surface area contributed by atoms with E-state index in [9.17, 15) is 9.59 Å². The lowest BCUT2D eigenvalue weighted by molar-refractivity contribution is -0.152. The molecule has 0 saturated heterocycles. The summed E-state index contributed by atoms with van der Waals surface area (Å²) in [5.41, 5.74) is 2.77. The number of methoxy groups -OCH3 is 1. The first-order valence-corrected chi connectivity index (χ1v) is 12.3. The number of nitrogens with zero attached hydrogens (tertiary/aromatic N) is 2. The second-order valence-corrected chi connectivity index (χ2v) is 9.88. The molecule has 0 fully saturated rings. The van der Waals surface area contributed by atoms with Crippen LogP contribution in [0.3, 0.4) is 0 Å². The Morgan fingerprint density at radius 1 is 1.14 bits per heavy atom. The van der Waals surface area contributed by atoms with E-state index in [-0.39, 0.29) is 5.91 Å². The lowest BCUT2D eigenvalue weighted by Crippen LogP contribution is -2.45. The van der Waals surface area contributed by atoms with Crippen molar-refractivity contribution >= 4 is 29.3 Å². The summed E-state index contributed by atoms with van der Waals surface area (Å²) in [7, 11) is 5.54. The van der Waals surface area contributed by atoms with Gasteiger partial charge >= 0.3 is 5.97 Å². The second-order valence-electron chi connectivity index (χ2n) is 8.69. The van der Waals surface area contributed by atoms with Gasteiger partial charge in [0, 0.05) is 31.3 Å². The van der Waals surface area contributed by atoms with Crippen LogP contribution in [-0.2, 0) is 20.7 Å². The summed E-state index contributed by atoms with van der Waals surface area (Å²) in [6.07, 6.45) is 1.35. The highest BCUT2D eigenvalue weighted by Crippen LogP contribution is 2.47. The number of hydrogen-bond acceptors (Lipinski definition) is 7. The van der Waals surface area contributed by atoms with Gasteiger partial charge in [-0.3, -0.25) is 9.59 Å². The second kappa shape index (κ2) is 11.0. The average Bonchev–Trinajstić information content (AvgIpc) is 3.31. The highest BCUT2D eigenvalue weighted by molar-refractivity contribution is 7.99. The first kappa shape index (κ1) is 24.9. The minimum absolute atomic E-state index is 0.229. The van der Waals surface area contributed by atoms with Gasteiger partial charge in [0.2, 0.25) is 0 Å². The van der Waals surface area contributed by atoms with Crippen LogP contribution in [0.4, 0.5) is 5.69 Å². The normalized spacial score (nSPS) is 17.7. The molecule has 0 aliphatic carbocycles. The van der Waals surface area contributed by atoms with Crippen molar-refractivity contribution in [3.05, 3.63) is 77.7 Å². The van der Waals surface area contributed by atoms with E-state index < -0.39 is 17.3 Å². The Balaban J connectivity index is 1.78. The van der Waals surface area contributed by atoms with Crippen molar-refractivity contribution in [2.24, 2.45) is 0 Å². The summed E-state index contributed by atoms with van der Waals surface area (Å²) in [5, 5.41) is -0.417. The predicted octanol–water partition coefficient (Wildman–Crippen LogP) is 4.55. The van der Waals surface area contributed by atoms with Crippen LogP contribution in [0.5, 0.6) is 5.75 Å². The topological polar surface area (TPSA) is 72.2 Å². The number of fused-ring (bicyclic) bond motifs is 1. The molecule has 2 aromatic carbocycles. The third-order valence-corrected chi connectivity index (χ3v) is 7.17. The average molecular weight is 495 g/mol. The van der Waals surface area contributed by atoms with E-state index in [4.69, 9.17) is 13.9 Å². The van der Waals surface area contributed by atoms with E-state index in [1.165, 1.54) is 18.7 Å². The zero-order valence-corrected chi connectivity index (χ0v) is 21.2. The van der Waals surface area contributed by atoms with Gasteiger partial charge in [0.1, 0.15) is 11.5 Å². The molecule has 0 radical (unpaired) electrons. The molecule has 3 aromatic rings. The molecule has 0 saturated carbocycles. The van der Waals surface area contributed by atoms with Crippen molar-refractivity contribution in [2.45, 2.75) is 29.6 Å². The Hall–Kier alpha value is -3.23. The van der Waals surface area contributed by atoms with Crippen LogP contribution in [0.25, 0.3) is 0 Å². The third kappa shape index (κ3) is 5.89. The molecule has 7 nitrogen and oxygen atoms in total. The predicted molar refractivity (Wildman–Crippen MR) is 136 cm³/mol. The molecule has 2 atom stereocenters. The lowest BCUT2D eigenvalue weighted by Gasteiger charge is -2.28. The highest BCUT2D eigenvalue weighted by atomic mass is 32.2. The smallest absolute Gasteiger partial charge is 0.303 e. The highest BCUT2D eigenvalue weighted by Gasteiger charge is 2.40. The van der Waals surface area contributed by atoms with E-state index in [0.717, 1.165) is 33.2 Å². The van der Waals surface area contributed by atoms with Gasteiger partial charge < -0.3 is 23.7 Å². The molecule has 4 rings (SSSR count). The van der Waals surface area contributed by atoms with Crippen molar-refractivity contribution in [1.82, 2.24) is 4.90 Å². The number of carbonyl (C=O) groups excluding carboxylic acids is 2. The summed E-state index contributed by atoms with van der Waals surface area (Å²) in [4.78, 5) is 30.7. The summed E-state index contributed by atoms with van der Waals surface area (Å²) < 4.78 is 16.5. The monoisotopic (exact) mass is 494 g/mol. The first-order valence-electron chi connectivity index (χ1n) is 11.4. The van der Waals surface area contributed by atoms with Crippen LogP contribution < -0.4 is 9.64 Å². The number of likely N-dealkylation sites (N-methyl/N-ethyl adjacent to an activating group) is 1. The van der Waals surface area contributed by atoms with Crippen LogP contribution in [0, 0.1) is 0 Å². The molecule has 2 heterocycles. The molecular formula is C27H30N2O5S. The molecule has 1 aliphatic heterocycles. The van der Waals surface area contributed by atoms with E-state index in [1.807, 2.05) is 67.5 Å². The Morgan fingerprint density at radius 3 is 2.54 bits per heavy atom. The lowest BCUT2D eigenvalue weighted by atomic mass is 10.0. The summed E-state index contributed by atoms with van der Waals surface area (Å²) in [6, 6.07) is 17.5. The number of benzene rings is 2. The van der Waals surface area contributed by atoms with Gasteiger partial charge in [0.25, 0.3) is 5.91 Å². The van der Waals surface area contributed by atoms with Crippen molar-refractivity contribution in [3.8, 4) is 5.75 Å². The molecule has 1 aliphatic rings. The molecule has 0 unspecified atom stereocenters. The van der Waals surface area contributed by atoms with Crippen molar-refractivity contribution < 1.29 is 23.5 Å². The Kier molecular flexibility index (Phi) is 7.83. The number of amides is 1. The van der Waals surface area contributed by atoms with Crippen LogP contribution >= 0.6 is 11.8 Å². The fraction of sp³-hybridized carbons (Fsp3) is 0.333. The standard InChI is InChI=1S/C27H30N2O5S/c1-18(30)34-25-26(20-8-10-21(32-4)11-9-20)35-24-17-19(16-22-6-5-15-33-22)7-12-23(24)29(27(25)31)14-13-28(2)3/h5-12,15,17,25-26H,13-14,16H2,1-4H3/t25-,26+/m1/s1. The Labute approximate surface area is 210 Å². The molecule has 0 N–H and O–H groups in total. The minimum Gasteiger partial charge on any atom is -0.497 e. The van der Waals surface area contributed by atoms with E-state index >= 15 is 0 Å². The van der Waals surface area contributed by atoms with Gasteiger partial charge in [0.05, 0.1) is 24.3 Å². The van der Waals surface area contributed by atoms with Crippen molar-refractivity contribution in [1.29, 1.82) is 0 Å². The van der Waals surface area contributed by atoms with E-state index in [1.54, 1.807) is 18.3 Å². The maximum atomic E-state index is 13.9. The SMILES string of the molecule is COc1ccc([C@@H]2Sc3cc(Cc4ccco4)ccc3N(CCN(C)C)C(=O)[C@@H]2OC(C)=O)cc1. The van der Waals surface area contributed by atoms with E-state index in [0.29, 0.717) is 19.5 Å². The van der Waals surface area contributed by atoms with Gasteiger partial charge in [-0.05, 0) is 61.6 Å². The molecule has 0 bridgehead atoms. The number of esters is 1. The molecule has 184 valence electrons. The number of hydrogen-bond donors (Lipinski definition) is 0. The van der Waals surface area contributed by atoms with Crippen LogP contribution in [0.15, 0.2) is 70.2 Å². The molecule has 0 spiro atoms. The van der Waals surface area contributed by atoms with Gasteiger partial charge in [-0.25, -0.2) is 0 Å². The quantitative estimate of drug-likeness (QED) is 0.425. The van der Waals surface area contributed by atoms with Crippen molar-refractivity contribution in [2.75, 3.05) is 39.2 Å². The van der Waals surface area contributed by atoms with Crippen LogP contribution in [0.2, 0.25) is 0 Å². The maximum Gasteiger partial charge on any atom is 0.303 e. The first-order chi connectivity index (χ1) is 16.9. The fourth-order valence-electron chi connectivity index (χ4n) is 4.06. The largest absolute Gasteiger partial charge is 0.497 e. The van der Waals surface area contributed by atoms with Crippen molar-refractivity contribution in [3.63, 3.8) is 0 Å². The number of thioether (sulfide) groups is 1. The molecular weight excluding hydrogens is 464 g/mol. The fourth-order valence-corrected chi connectivity index (χ4v) is 5.44. The number of furan rings is 1. The number of ether oxygens (including phenoxy) is 2. The molecule has 8 heteroatoms. The number of rotatable bonds is 8. The van der Waals surface area contributed by atoms with E-state index in [2.05, 4.69) is 6.07 Å². The zero-order valence-electron chi connectivity index (χ0n) is 20.4. The minimum atomic E-state index is -0.964. The maximum absolute atomic E-state index is 13.9. The third-order valence-electron chi connectivity index (χ3n) is 5.82. The Bertz CT molecular complexity index is 1160. The molecule has 35 heavy (non-hydrogen) atoms. The Morgan fingerprint density at radius 2 is 1.91 bits per heavy atom.